The Bertz CT molecular complexity index is 408. The summed E-state index contributed by atoms with van der Waals surface area (Å²) in [5, 5.41) is 12.5. The van der Waals surface area contributed by atoms with Crippen LogP contribution in [0.4, 0.5) is 0 Å². The highest BCUT2D eigenvalue weighted by Crippen LogP contribution is 2.48. The third-order valence-electron chi connectivity index (χ3n) is 5.10. The van der Waals surface area contributed by atoms with Crippen LogP contribution in [0.25, 0.3) is 0 Å². The zero-order valence-corrected chi connectivity index (χ0v) is 12.7. The first-order chi connectivity index (χ1) is 9.29. The largest absolute Gasteiger partial charge is 0.481 e. The molecule has 2 fully saturated rings. The standard InChI is InChI=1S/C15H26N2O3/c1-4-14(2,3)16-12(18)9-17-8-11-6-5-7-15(11,10-17)13(19)20/h11H,4-10H2,1-3H3,(H,16,18)(H,19,20)/t11-,15+/m0/s1. The minimum absolute atomic E-state index is 0.00244. The van der Waals surface area contributed by atoms with E-state index in [4.69, 9.17) is 0 Å². The number of carbonyl (C=O) groups is 2. The maximum Gasteiger partial charge on any atom is 0.311 e. The predicted octanol–water partition coefficient (Wildman–Crippen LogP) is 1.48. The molecule has 0 spiro atoms. The Morgan fingerprint density at radius 1 is 1.45 bits per heavy atom. The summed E-state index contributed by atoms with van der Waals surface area (Å²) in [7, 11) is 0. The summed E-state index contributed by atoms with van der Waals surface area (Å²) in [4.78, 5) is 25.7. The molecule has 0 aromatic heterocycles. The number of rotatable bonds is 5. The molecule has 0 unspecified atom stereocenters. The van der Waals surface area contributed by atoms with Gasteiger partial charge in [-0.2, -0.15) is 0 Å². The number of likely N-dealkylation sites (tertiary alicyclic amines) is 1. The summed E-state index contributed by atoms with van der Waals surface area (Å²) in [6, 6.07) is 0. The molecule has 2 atom stereocenters. The van der Waals surface area contributed by atoms with Crippen LogP contribution < -0.4 is 5.32 Å². The number of amides is 1. The van der Waals surface area contributed by atoms with E-state index in [0.717, 1.165) is 32.2 Å². The van der Waals surface area contributed by atoms with Crippen molar-refractivity contribution in [1.82, 2.24) is 10.2 Å². The molecule has 0 aromatic carbocycles. The Balaban J connectivity index is 1.94. The minimum Gasteiger partial charge on any atom is -0.481 e. The van der Waals surface area contributed by atoms with E-state index in [1.165, 1.54) is 0 Å². The monoisotopic (exact) mass is 282 g/mol. The molecule has 0 bridgehead atoms. The summed E-state index contributed by atoms with van der Waals surface area (Å²) in [6.45, 7) is 7.62. The number of nitrogens with zero attached hydrogens (tertiary/aromatic N) is 1. The molecule has 1 amide bonds. The number of fused-ring (bicyclic) bond motifs is 1. The number of hydrogen-bond donors (Lipinski definition) is 2. The quantitative estimate of drug-likeness (QED) is 0.801. The van der Waals surface area contributed by atoms with Crippen LogP contribution in [0, 0.1) is 11.3 Å². The third kappa shape index (κ3) is 2.82. The lowest BCUT2D eigenvalue weighted by Crippen LogP contribution is -2.47. The van der Waals surface area contributed by atoms with Crippen molar-refractivity contribution in [3.8, 4) is 0 Å². The number of aliphatic carboxylic acids is 1. The molecular weight excluding hydrogens is 256 g/mol. The SMILES string of the molecule is CCC(C)(C)NC(=O)CN1C[C@@H]2CCC[C@@]2(C(=O)O)C1. The average molecular weight is 282 g/mol. The fraction of sp³-hybridized carbons (Fsp3) is 0.867. The third-order valence-corrected chi connectivity index (χ3v) is 5.10. The predicted molar refractivity (Wildman–Crippen MR) is 76.4 cm³/mol. The van der Waals surface area contributed by atoms with Crippen molar-refractivity contribution in [3.63, 3.8) is 0 Å². The highest BCUT2D eigenvalue weighted by molar-refractivity contribution is 5.80. The topological polar surface area (TPSA) is 69.6 Å². The fourth-order valence-corrected chi connectivity index (χ4v) is 3.57. The second-order valence-electron chi connectivity index (χ2n) is 7.01. The number of carbonyl (C=O) groups excluding carboxylic acids is 1. The van der Waals surface area contributed by atoms with Gasteiger partial charge in [0.2, 0.25) is 5.91 Å². The maximum absolute atomic E-state index is 12.1. The Kier molecular flexibility index (Phi) is 4.09. The van der Waals surface area contributed by atoms with Crippen molar-refractivity contribution in [2.75, 3.05) is 19.6 Å². The van der Waals surface area contributed by atoms with Crippen molar-refractivity contribution in [2.45, 2.75) is 52.0 Å². The molecule has 0 aromatic rings. The lowest BCUT2D eigenvalue weighted by molar-refractivity contribution is -0.149. The molecule has 2 rings (SSSR count). The molecule has 0 radical (unpaired) electrons. The molecule has 2 N–H and O–H groups in total. The van der Waals surface area contributed by atoms with Crippen molar-refractivity contribution in [1.29, 1.82) is 0 Å². The molecule has 1 saturated carbocycles. The van der Waals surface area contributed by atoms with Crippen LogP contribution in [0.3, 0.4) is 0 Å². The molecule has 114 valence electrons. The number of carboxylic acids is 1. The molecule has 5 heteroatoms. The van der Waals surface area contributed by atoms with Crippen LogP contribution in [0.1, 0.15) is 46.5 Å². The molecule has 1 saturated heterocycles. The van der Waals surface area contributed by atoms with E-state index in [-0.39, 0.29) is 17.4 Å². The van der Waals surface area contributed by atoms with Crippen molar-refractivity contribution in [3.05, 3.63) is 0 Å². The van der Waals surface area contributed by atoms with Gasteiger partial charge in [0, 0.05) is 18.6 Å². The first-order valence-electron chi connectivity index (χ1n) is 7.56. The van der Waals surface area contributed by atoms with Crippen LogP contribution in [-0.2, 0) is 9.59 Å². The summed E-state index contributed by atoms with van der Waals surface area (Å²) in [5.74, 6) is -0.471. The van der Waals surface area contributed by atoms with Gasteiger partial charge in [-0.15, -0.1) is 0 Å². The molecule has 5 nitrogen and oxygen atoms in total. The summed E-state index contributed by atoms with van der Waals surface area (Å²) in [5.41, 5.74) is -0.794. The van der Waals surface area contributed by atoms with Crippen molar-refractivity contribution < 1.29 is 14.7 Å². The molecule has 1 aliphatic carbocycles. The van der Waals surface area contributed by atoms with Gasteiger partial charge in [-0.1, -0.05) is 13.3 Å². The van der Waals surface area contributed by atoms with E-state index in [0.29, 0.717) is 13.1 Å². The fourth-order valence-electron chi connectivity index (χ4n) is 3.57. The van der Waals surface area contributed by atoms with Crippen molar-refractivity contribution >= 4 is 11.9 Å². The van der Waals surface area contributed by atoms with E-state index < -0.39 is 11.4 Å². The first-order valence-corrected chi connectivity index (χ1v) is 7.56. The van der Waals surface area contributed by atoms with Crippen LogP contribution in [0.5, 0.6) is 0 Å². The summed E-state index contributed by atoms with van der Waals surface area (Å²) >= 11 is 0. The highest BCUT2D eigenvalue weighted by Gasteiger charge is 2.54. The molecule has 1 heterocycles. The molecule has 2 aliphatic rings. The van der Waals surface area contributed by atoms with Crippen molar-refractivity contribution in [2.24, 2.45) is 11.3 Å². The Hall–Kier alpha value is -1.10. The van der Waals surface area contributed by atoms with Crippen LogP contribution in [0.15, 0.2) is 0 Å². The number of hydrogen-bond acceptors (Lipinski definition) is 3. The Morgan fingerprint density at radius 2 is 2.15 bits per heavy atom. The van der Waals surface area contributed by atoms with E-state index in [2.05, 4.69) is 5.32 Å². The van der Waals surface area contributed by atoms with Gasteiger partial charge in [-0.3, -0.25) is 14.5 Å². The Labute approximate surface area is 120 Å². The second kappa shape index (κ2) is 5.35. The van der Waals surface area contributed by atoms with E-state index in [1.54, 1.807) is 0 Å². The van der Waals surface area contributed by atoms with Gasteiger partial charge in [0.25, 0.3) is 0 Å². The van der Waals surface area contributed by atoms with E-state index in [1.807, 2.05) is 25.7 Å². The van der Waals surface area contributed by atoms with Gasteiger partial charge in [0.1, 0.15) is 0 Å². The molecule has 1 aliphatic heterocycles. The lowest BCUT2D eigenvalue weighted by Gasteiger charge is -2.27. The van der Waals surface area contributed by atoms with Gasteiger partial charge in [-0.05, 0) is 39.0 Å². The van der Waals surface area contributed by atoms with Gasteiger partial charge >= 0.3 is 5.97 Å². The van der Waals surface area contributed by atoms with Gasteiger partial charge < -0.3 is 10.4 Å². The van der Waals surface area contributed by atoms with E-state index >= 15 is 0 Å². The Morgan fingerprint density at radius 3 is 2.70 bits per heavy atom. The average Bonchev–Trinajstić information content (AvgIpc) is 2.85. The number of carboxylic acid groups (broad SMARTS) is 1. The highest BCUT2D eigenvalue weighted by atomic mass is 16.4. The number of nitrogens with one attached hydrogen (secondary N) is 1. The van der Waals surface area contributed by atoms with Crippen LogP contribution in [0.2, 0.25) is 0 Å². The minimum atomic E-state index is -0.684. The zero-order chi connectivity index (χ0) is 15.0. The molecule has 20 heavy (non-hydrogen) atoms. The molecular formula is C15H26N2O3. The van der Waals surface area contributed by atoms with E-state index in [9.17, 15) is 14.7 Å². The normalized spacial score (nSPS) is 30.2. The van der Waals surface area contributed by atoms with Gasteiger partial charge in [0.05, 0.1) is 12.0 Å². The maximum atomic E-state index is 12.1. The summed E-state index contributed by atoms with van der Waals surface area (Å²) in [6.07, 6.45) is 3.61. The van der Waals surface area contributed by atoms with Crippen LogP contribution in [-0.4, -0.2) is 47.1 Å². The zero-order valence-electron chi connectivity index (χ0n) is 12.7. The van der Waals surface area contributed by atoms with Crippen LogP contribution >= 0.6 is 0 Å². The van der Waals surface area contributed by atoms with Gasteiger partial charge in [-0.25, -0.2) is 0 Å². The van der Waals surface area contributed by atoms with Gasteiger partial charge in [0.15, 0.2) is 0 Å². The lowest BCUT2D eigenvalue weighted by atomic mass is 9.81. The first kappa shape index (κ1) is 15.3. The summed E-state index contributed by atoms with van der Waals surface area (Å²) < 4.78 is 0. The second-order valence-corrected chi connectivity index (χ2v) is 7.01. The smallest absolute Gasteiger partial charge is 0.311 e.